The van der Waals surface area contributed by atoms with E-state index in [2.05, 4.69) is 17.1 Å². The molecule has 0 aromatic rings. The minimum Gasteiger partial charge on any atom is -0.369 e. The third kappa shape index (κ3) is 2.25. The molecule has 0 radical (unpaired) electrons. The number of hydrogen-bond donors (Lipinski definition) is 1. The van der Waals surface area contributed by atoms with E-state index in [1.807, 2.05) is 0 Å². The topological polar surface area (TPSA) is 46.3 Å². The van der Waals surface area contributed by atoms with Crippen molar-refractivity contribution in [2.45, 2.75) is 25.7 Å². The molecule has 94 valence electrons. The van der Waals surface area contributed by atoms with Gasteiger partial charge in [0.15, 0.2) is 0 Å². The summed E-state index contributed by atoms with van der Waals surface area (Å²) >= 11 is 0. The number of nitrogens with zero attached hydrogens (tertiary/aromatic N) is 1. The molecule has 2 fully saturated rings. The Morgan fingerprint density at radius 3 is 2.53 bits per heavy atom. The molecule has 2 aliphatic carbocycles. The van der Waals surface area contributed by atoms with E-state index in [9.17, 15) is 4.79 Å². The Kier molecular flexibility index (Phi) is 2.95. The summed E-state index contributed by atoms with van der Waals surface area (Å²) in [5.41, 5.74) is 5.36. The van der Waals surface area contributed by atoms with Gasteiger partial charge < -0.3 is 10.6 Å². The van der Waals surface area contributed by atoms with Gasteiger partial charge in [-0.1, -0.05) is 12.2 Å². The zero-order valence-corrected chi connectivity index (χ0v) is 10.3. The molecule has 3 rings (SSSR count). The lowest BCUT2D eigenvalue weighted by Crippen LogP contribution is -2.41. The summed E-state index contributed by atoms with van der Waals surface area (Å²) in [6, 6.07) is 0. The summed E-state index contributed by atoms with van der Waals surface area (Å²) in [4.78, 5) is 13.6. The molecule has 2 N–H and O–H groups in total. The lowest BCUT2D eigenvalue weighted by molar-refractivity contribution is -0.123. The second kappa shape index (κ2) is 4.45. The van der Waals surface area contributed by atoms with E-state index in [1.54, 1.807) is 0 Å². The van der Waals surface area contributed by atoms with Crippen LogP contribution in [0.25, 0.3) is 0 Å². The average molecular weight is 234 g/mol. The summed E-state index contributed by atoms with van der Waals surface area (Å²) in [6.07, 6.45) is 9.53. The fourth-order valence-corrected chi connectivity index (χ4v) is 3.84. The number of hydrogen-bond acceptors (Lipinski definition) is 2. The predicted molar refractivity (Wildman–Crippen MR) is 67.2 cm³/mol. The summed E-state index contributed by atoms with van der Waals surface area (Å²) in [5.74, 6) is 2.61. The Morgan fingerprint density at radius 2 is 2.00 bits per heavy atom. The van der Waals surface area contributed by atoms with Gasteiger partial charge in [-0.2, -0.15) is 0 Å². The highest BCUT2D eigenvalue weighted by molar-refractivity contribution is 5.76. The van der Waals surface area contributed by atoms with Crippen LogP contribution >= 0.6 is 0 Å². The highest BCUT2D eigenvalue weighted by Gasteiger charge is 2.36. The summed E-state index contributed by atoms with van der Waals surface area (Å²) in [6.45, 7) is 3.35. The molecular weight excluding hydrogens is 212 g/mol. The van der Waals surface area contributed by atoms with Crippen molar-refractivity contribution in [3.05, 3.63) is 12.2 Å². The molecular formula is C14H22N2O. The van der Waals surface area contributed by atoms with Crippen molar-refractivity contribution < 1.29 is 4.79 Å². The number of rotatable bonds is 3. The van der Waals surface area contributed by atoms with Crippen LogP contribution in [0.5, 0.6) is 0 Å². The Hall–Kier alpha value is -0.830. The molecule has 3 nitrogen and oxygen atoms in total. The number of likely N-dealkylation sites (tertiary alicyclic amines) is 1. The maximum atomic E-state index is 11.1. The van der Waals surface area contributed by atoms with Crippen LogP contribution in [0.4, 0.5) is 0 Å². The summed E-state index contributed by atoms with van der Waals surface area (Å²) < 4.78 is 0. The zero-order valence-electron chi connectivity index (χ0n) is 10.3. The molecule has 3 aliphatic rings. The molecule has 3 heteroatoms. The molecule has 1 saturated carbocycles. The van der Waals surface area contributed by atoms with E-state index in [0.717, 1.165) is 43.7 Å². The molecule has 2 bridgehead atoms. The van der Waals surface area contributed by atoms with Gasteiger partial charge in [-0.05, 0) is 56.5 Å². The molecule has 17 heavy (non-hydrogen) atoms. The van der Waals surface area contributed by atoms with Crippen molar-refractivity contribution >= 4 is 5.91 Å². The maximum Gasteiger partial charge on any atom is 0.220 e. The van der Waals surface area contributed by atoms with Crippen molar-refractivity contribution in [2.24, 2.45) is 29.4 Å². The Balaban J connectivity index is 1.48. The first-order chi connectivity index (χ1) is 8.22. The number of carbonyl (C=O) groups is 1. The van der Waals surface area contributed by atoms with E-state index in [4.69, 9.17) is 5.73 Å². The zero-order chi connectivity index (χ0) is 11.8. The van der Waals surface area contributed by atoms with E-state index in [-0.39, 0.29) is 11.8 Å². The van der Waals surface area contributed by atoms with Crippen molar-refractivity contribution in [1.82, 2.24) is 4.90 Å². The summed E-state index contributed by atoms with van der Waals surface area (Å²) in [5, 5.41) is 0. The number of primary amides is 1. The number of piperidine rings is 1. The van der Waals surface area contributed by atoms with Gasteiger partial charge in [-0.15, -0.1) is 0 Å². The van der Waals surface area contributed by atoms with Crippen molar-refractivity contribution in [3.8, 4) is 0 Å². The smallest absolute Gasteiger partial charge is 0.220 e. The second-order valence-electron chi connectivity index (χ2n) is 6.02. The second-order valence-corrected chi connectivity index (χ2v) is 6.02. The number of allylic oxidation sites excluding steroid dienone is 2. The quantitative estimate of drug-likeness (QED) is 0.750. The van der Waals surface area contributed by atoms with Crippen LogP contribution in [0.1, 0.15) is 25.7 Å². The lowest BCUT2D eigenvalue weighted by Gasteiger charge is -2.33. The van der Waals surface area contributed by atoms with E-state index >= 15 is 0 Å². The fraction of sp³-hybridized carbons (Fsp3) is 0.786. The number of amides is 1. The van der Waals surface area contributed by atoms with Crippen LogP contribution in [0, 0.1) is 23.7 Å². The van der Waals surface area contributed by atoms with Gasteiger partial charge in [0.05, 0.1) is 0 Å². The largest absolute Gasteiger partial charge is 0.369 e. The third-order valence-electron chi connectivity index (χ3n) is 4.90. The Bertz CT molecular complexity index is 331. The van der Waals surface area contributed by atoms with Gasteiger partial charge in [0.25, 0.3) is 0 Å². The number of carbonyl (C=O) groups excluding carboxylic acids is 1. The van der Waals surface area contributed by atoms with Crippen LogP contribution < -0.4 is 5.73 Å². The molecule has 0 unspecified atom stereocenters. The normalized spacial score (nSPS) is 37.8. The van der Waals surface area contributed by atoms with Crippen molar-refractivity contribution in [1.29, 1.82) is 0 Å². The Labute approximate surface area is 103 Å². The van der Waals surface area contributed by atoms with Gasteiger partial charge in [-0.25, -0.2) is 0 Å². The van der Waals surface area contributed by atoms with Gasteiger partial charge >= 0.3 is 0 Å². The minimum absolute atomic E-state index is 0.104. The highest BCUT2D eigenvalue weighted by atomic mass is 16.1. The molecule has 0 aromatic heterocycles. The van der Waals surface area contributed by atoms with E-state index in [0.29, 0.717) is 0 Å². The number of nitrogens with two attached hydrogens (primary N) is 1. The molecule has 1 aliphatic heterocycles. The Morgan fingerprint density at radius 1 is 1.24 bits per heavy atom. The molecule has 1 saturated heterocycles. The van der Waals surface area contributed by atoms with Crippen LogP contribution in [-0.2, 0) is 4.79 Å². The van der Waals surface area contributed by atoms with E-state index in [1.165, 1.54) is 19.4 Å². The standard InChI is InChI=1S/C14H22N2O/c15-14(17)11-3-5-16(6-4-11)9-13-8-10-1-2-12(13)7-10/h1-2,10-13H,3-9H2,(H2,15,17)/t10-,12+,13-/m0/s1. The van der Waals surface area contributed by atoms with Gasteiger partial charge in [0, 0.05) is 12.5 Å². The molecule has 3 atom stereocenters. The molecule has 0 spiro atoms. The monoisotopic (exact) mass is 234 g/mol. The van der Waals surface area contributed by atoms with Crippen molar-refractivity contribution in [2.75, 3.05) is 19.6 Å². The van der Waals surface area contributed by atoms with E-state index < -0.39 is 0 Å². The van der Waals surface area contributed by atoms with Gasteiger partial charge in [0.2, 0.25) is 5.91 Å². The van der Waals surface area contributed by atoms with Crippen LogP contribution in [0.2, 0.25) is 0 Å². The SMILES string of the molecule is NC(=O)C1CCN(C[C@@H]2C[C@H]3C=C[C@@H]2C3)CC1. The number of fused-ring (bicyclic) bond motifs is 2. The minimum atomic E-state index is -0.104. The van der Waals surface area contributed by atoms with Crippen molar-refractivity contribution in [3.63, 3.8) is 0 Å². The first-order valence-electron chi connectivity index (χ1n) is 6.92. The van der Waals surface area contributed by atoms with Gasteiger partial charge in [-0.3, -0.25) is 4.79 Å². The summed E-state index contributed by atoms with van der Waals surface area (Å²) in [7, 11) is 0. The van der Waals surface area contributed by atoms with Gasteiger partial charge in [0.1, 0.15) is 0 Å². The van der Waals surface area contributed by atoms with Crippen LogP contribution in [0.15, 0.2) is 12.2 Å². The third-order valence-corrected chi connectivity index (χ3v) is 4.90. The lowest BCUT2D eigenvalue weighted by atomic mass is 9.91. The fourth-order valence-electron chi connectivity index (χ4n) is 3.84. The van der Waals surface area contributed by atoms with Crippen LogP contribution in [0.3, 0.4) is 0 Å². The highest BCUT2D eigenvalue weighted by Crippen LogP contribution is 2.43. The molecule has 0 aromatic carbocycles. The first-order valence-corrected chi connectivity index (χ1v) is 6.92. The molecule has 1 heterocycles. The first kappa shape index (κ1) is 11.3. The predicted octanol–water partition coefficient (Wildman–Crippen LogP) is 1.40. The maximum absolute atomic E-state index is 11.1. The molecule has 1 amide bonds. The average Bonchev–Trinajstić information content (AvgIpc) is 2.91. The van der Waals surface area contributed by atoms with Crippen LogP contribution in [-0.4, -0.2) is 30.4 Å².